The lowest BCUT2D eigenvalue weighted by Crippen LogP contribution is -2.59. The number of piperidine rings is 1. The molecule has 1 unspecified atom stereocenters. The van der Waals surface area contributed by atoms with E-state index in [1.165, 1.54) is 15.6 Å². The zero-order valence-corrected chi connectivity index (χ0v) is 19.6. The number of thiophene rings is 1. The molecule has 0 saturated carbocycles. The van der Waals surface area contributed by atoms with Crippen molar-refractivity contribution in [1.82, 2.24) is 18.4 Å². The van der Waals surface area contributed by atoms with Gasteiger partial charge in [0.1, 0.15) is 6.04 Å². The maximum absolute atomic E-state index is 13.3. The van der Waals surface area contributed by atoms with Gasteiger partial charge in [0.2, 0.25) is 5.91 Å². The molecule has 0 aliphatic carbocycles. The molecule has 0 N–H and O–H groups in total. The van der Waals surface area contributed by atoms with Crippen LogP contribution in [0.5, 0.6) is 0 Å². The van der Waals surface area contributed by atoms with Crippen LogP contribution in [-0.4, -0.2) is 90.5 Å². The van der Waals surface area contributed by atoms with Crippen molar-refractivity contribution in [1.29, 1.82) is 0 Å². The Morgan fingerprint density at radius 1 is 0.839 bits per heavy atom. The summed E-state index contributed by atoms with van der Waals surface area (Å²) in [7, 11) is -3.47. The molecule has 3 fully saturated rings. The van der Waals surface area contributed by atoms with Crippen LogP contribution >= 0.6 is 11.3 Å². The number of rotatable bonds is 4. The van der Waals surface area contributed by atoms with Gasteiger partial charge in [-0.1, -0.05) is 18.9 Å². The third kappa shape index (κ3) is 4.97. The van der Waals surface area contributed by atoms with Crippen molar-refractivity contribution in [2.45, 2.75) is 51.0 Å². The van der Waals surface area contributed by atoms with Gasteiger partial charge in [-0.3, -0.25) is 9.59 Å². The summed E-state index contributed by atoms with van der Waals surface area (Å²) >= 11 is 1.40. The first-order chi connectivity index (χ1) is 15.0. The lowest BCUT2D eigenvalue weighted by molar-refractivity contribution is -0.138. The van der Waals surface area contributed by atoms with Gasteiger partial charge in [-0.15, -0.1) is 11.3 Å². The fourth-order valence-electron chi connectivity index (χ4n) is 4.76. The highest BCUT2D eigenvalue weighted by Crippen LogP contribution is 2.24. The van der Waals surface area contributed by atoms with E-state index in [0.29, 0.717) is 57.1 Å². The first-order valence-corrected chi connectivity index (χ1v) is 13.6. The minimum Gasteiger partial charge on any atom is -0.338 e. The maximum atomic E-state index is 13.3. The molecule has 3 saturated heterocycles. The van der Waals surface area contributed by atoms with Crippen molar-refractivity contribution in [3.63, 3.8) is 0 Å². The monoisotopic (exact) mass is 468 g/mol. The van der Waals surface area contributed by atoms with Gasteiger partial charge in [0.05, 0.1) is 4.88 Å². The molecule has 0 bridgehead atoms. The van der Waals surface area contributed by atoms with Crippen LogP contribution in [-0.2, 0) is 15.0 Å². The molecule has 3 aliphatic heterocycles. The number of hydrogen-bond donors (Lipinski definition) is 0. The molecule has 4 rings (SSSR count). The highest BCUT2D eigenvalue weighted by molar-refractivity contribution is 7.86. The summed E-state index contributed by atoms with van der Waals surface area (Å²) in [5.41, 5.74) is 0. The van der Waals surface area contributed by atoms with E-state index in [2.05, 4.69) is 0 Å². The van der Waals surface area contributed by atoms with Gasteiger partial charge in [-0.05, 0) is 43.6 Å². The second-order valence-electron chi connectivity index (χ2n) is 8.53. The van der Waals surface area contributed by atoms with Crippen molar-refractivity contribution >= 4 is 33.4 Å². The average Bonchev–Trinajstić information content (AvgIpc) is 3.19. The van der Waals surface area contributed by atoms with E-state index in [0.717, 1.165) is 38.5 Å². The number of likely N-dealkylation sites (tertiary alicyclic amines) is 1. The molecule has 31 heavy (non-hydrogen) atoms. The van der Waals surface area contributed by atoms with E-state index in [1.807, 2.05) is 11.4 Å². The number of hydrogen-bond acceptors (Lipinski definition) is 5. The van der Waals surface area contributed by atoms with E-state index < -0.39 is 16.3 Å². The second-order valence-corrected chi connectivity index (χ2v) is 11.4. The third-order valence-corrected chi connectivity index (χ3v) is 9.44. The Hall–Kier alpha value is -1.49. The molecule has 172 valence electrons. The van der Waals surface area contributed by atoms with Gasteiger partial charge in [0.25, 0.3) is 16.1 Å². The van der Waals surface area contributed by atoms with Crippen molar-refractivity contribution < 1.29 is 18.0 Å². The Balaban J connectivity index is 1.38. The van der Waals surface area contributed by atoms with Gasteiger partial charge >= 0.3 is 0 Å². The average molecular weight is 469 g/mol. The Bertz CT molecular complexity index is 858. The molecule has 0 aromatic carbocycles. The van der Waals surface area contributed by atoms with Crippen molar-refractivity contribution in [3.8, 4) is 0 Å². The van der Waals surface area contributed by atoms with E-state index in [-0.39, 0.29) is 11.8 Å². The molecule has 10 heteroatoms. The number of carbonyl (C=O) groups excluding carboxylic acids is 2. The Morgan fingerprint density at radius 3 is 2.13 bits per heavy atom. The Labute approximate surface area is 189 Å². The molecule has 4 heterocycles. The molecule has 8 nitrogen and oxygen atoms in total. The third-order valence-electron chi connectivity index (χ3n) is 6.55. The molecular formula is C21H32N4O4S2. The number of amides is 2. The largest absolute Gasteiger partial charge is 0.338 e. The highest BCUT2D eigenvalue weighted by Gasteiger charge is 2.38. The van der Waals surface area contributed by atoms with Gasteiger partial charge in [-0.2, -0.15) is 17.0 Å². The van der Waals surface area contributed by atoms with E-state index in [9.17, 15) is 18.0 Å². The number of piperazine rings is 1. The summed E-state index contributed by atoms with van der Waals surface area (Å²) < 4.78 is 29.2. The van der Waals surface area contributed by atoms with Crippen molar-refractivity contribution in [3.05, 3.63) is 22.4 Å². The predicted molar refractivity (Wildman–Crippen MR) is 120 cm³/mol. The second kappa shape index (κ2) is 9.97. The molecule has 1 atom stereocenters. The standard InChI is InChI=1S/C21H32N4O4S2/c26-20(18-8-3-6-12-25(18)21(27)19-9-7-17-30-19)22-13-15-24(16-14-22)31(28,29)23-10-4-1-2-5-11-23/h7,9,17-18H,1-6,8,10-16H2. The summed E-state index contributed by atoms with van der Waals surface area (Å²) in [5, 5.41) is 1.87. The Morgan fingerprint density at radius 2 is 1.48 bits per heavy atom. The minimum atomic E-state index is -3.47. The zero-order chi connectivity index (χ0) is 21.8. The fourth-order valence-corrected chi connectivity index (χ4v) is 7.11. The van der Waals surface area contributed by atoms with Crippen LogP contribution in [0.3, 0.4) is 0 Å². The van der Waals surface area contributed by atoms with Crippen molar-refractivity contribution in [2.24, 2.45) is 0 Å². The molecule has 3 aliphatic rings. The molecular weight excluding hydrogens is 436 g/mol. The normalized spacial score (nSPS) is 24.7. The number of nitrogens with zero attached hydrogens (tertiary/aromatic N) is 4. The van der Waals surface area contributed by atoms with Crippen molar-refractivity contribution in [2.75, 3.05) is 45.8 Å². The first-order valence-electron chi connectivity index (χ1n) is 11.4. The van der Waals surface area contributed by atoms with E-state index in [4.69, 9.17) is 0 Å². The van der Waals surface area contributed by atoms with Crippen LogP contribution < -0.4 is 0 Å². The highest BCUT2D eigenvalue weighted by atomic mass is 32.2. The van der Waals surface area contributed by atoms with Crippen LogP contribution in [0.25, 0.3) is 0 Å². The van der Waals surface area contributed by atoms with Gasteiger partial charge in [0.15, 0.2) is 0 Å². The maximum Gasteiger partial charge on any atom is 0.282 e. The summed E-state index contributed by atoms with van der Waals surface area (Å²) in [6.07, 6.45) is 6.48. The Kier molecular flexibility index (Phi) is 7.30. The van der Waals surface area contributed by atoms with Gasteiger partial charge in [-0.25, -0.2) is 0 Å². The van der Waals surface area contributed by atoms with E-state index >= 15 is 0 Å². The molecule has 0 radical (unpaired) electrons. The number of carbonyl (C=O) groups is 2. The minimum absolute atomic E-state index is 0.0450. The summed E-state index contributed by atoms with van der Waals surface area (Å²) in [4.78, 5) is 30.3. The molecule has 2 amide bonds. The predicted octanol–water partition coefficient (Wildman–Crippen LogP) is 2.01. The van der Waals surface area contributed by atoms with Crippen LogP contribution in [0.2, 0.25) is 0 Å². The lowest BCUT2D eigenvalue weighted by atomic mass is 10.00. The summed E-state index contributed by atoms with van der Waals surface area (Å²) in [6, 6.07) is 3.20. The van der Waals surface area contributed by atoms with Gasteiger partial charge in [0, 0.05) is 45.8 Å². The molecule has 1 aromatic rings. The van der Waals surface area contributed by atoms with Crippen LogP contribution in [0.4, 0.5) is 0 Å². The fraction of sp³-hybridized carbons (Fsp3) is 0.714. The van der Waals surface area contributed by atoms with Crippen LogP contribution in [0.15, 0.2) is 17.5 Å². The summed E-state index contributed by atoms with van der Waals surface area (Å²) in [5.74, 6) is -0.119. The molecule has 1 aromatic heterocycles. The summed E-state index contributed by atoms with van der Waals surface area (Å²) in [6.45, 7) is 3.16. The quantitative estimate of drug-likeness (QED) is 0.677. The lowest BCUT2D eigenvalue weighted by Gasteiger charge is -2.41. The van der Waals surface area contributed by atoms with Gasteiger partial charge < -0.3 is 9.80 Å². The van der Waals surface area contributed by atoms with Crippen LogP contribution in [0.1, 0.15) is 54.6 Å². The topological polar surface area (TPSA) is 81.2 Å². The first kappa shape index (κ1) is 22.7. The zero-order valence-electron chi connectivity index (χ0n) is 17.9. The molecule has 0 spiro atoms. The van der Waals surface area contributed by atoms with Crippen LogP contribution in [0, 0.1) is 0 Å². The van der Waals surface area contributed by atoms with E-state index in [1.54, 1.807) is 20.2 Å². The smallest absolute Gasteiger partial charge is 0.282 e. The SMILES string of the molecule is O=C(C1CCCCN1C(=O)c1cccs1)N1CCN(S(=O)(=O)N2CCCCCC2)CC1.